The third-order valence-electron chi connectivity index (χ3n) is 3.46. The topological polar surface area (TPSA) is 55.6 Å². The third kappa shape index (κ3) is 4.04. The van der Waals surface area contributed by atoms with Gasteiger partial charge in [0.2, 0.25) is 5.91 Å². The van der Waals surface area contributed by atoms with E-state index in [-0.39, 0.29) is 12.0 Å². The lowest BCUT2D eigenvalue weighted by Crippen LogP contribution is -2.48. The van der Waals surface area contributed by atoms with Gasteiger partial charge in [-0.3, -0.25) is 4.79 Å². The fraction of sp³-hybridized carbons (Fsp3) is 0.533. The quantitative estimate of drug-likeness (QED) is 0.884. The van der Waals surface area contributed by atoms with Crippen LogP contribution in [0, 0.1) is 6.92 Å². The largest absolute Gasteiger partial charge is 0.373 e. The van der Waals surface area contributed by atoms with Crippen molar-refractivity contribution in [1.82, 2.24) is 4.90 Å². The van der Waals surface area contributed by atoms with Crippen LogP contribution in [0.4, 0.5) is 0 Å². The maximum absolute atomic E-state index is 12.1. The van der Waals surface area contributed by atoms with Crippen molar-refractivity contribution in [2.75, 3.05) is 26.2 Å². The molecule has 4 heteroatoms. The lowest BCUT2D eigenvalue weighted by molar-refractivity contribution is -0.138. The van der Waals surface area contributed by atoms with Crippen LogP contribution >= 0.6 is 0 Å². The average molecular weight is 262 g/mol. The zero-order chi connectivity index (χ0) is 13.7. The van der Waals surface area contributed by atoms with Crippen molar-refractivity contribution in [2.45, 2.75) is 25.9 Å². The van der Waals surface area contributed by atoms with Crippen LogP contribution in [-0.4, -0.2) is 43.2 Å². The van der Waals surface area contributed by atoms with Gasteiger partial charge in [-0.2, -0.15) is 0 Å². The average Bonchev–Trinajstić information content (AvgIpc) is 2.45. The minimum atomic E-state index is -0.00308. The molecule has 0 spiro atoms. The molecule has 0 aromatic heterocycles. The van der Waals surface area contributed by atoms with E-state index in [9.17, 15) is 4.79 Å². The Balaban J connectivity index is 1.84. The molecule has 0 radical (unpaired) electrons. The summed E-state index contributed by atoms with van der Waals surface area (Å²) in [5.74, 6) is 0.197. The molecule has 1 aliphatic rings. The number of carbonyl (C=O) groups is 1. The smallest absolute Gasteiger partial charge is 0.223 e. The Bertz CT molecular complexity index is 434. The first-order valence-electron chi connectivity index (χ1n) is 6.84. The summed E-state index contributed by atoms with van der Waals surface area (Å²) in [5.41, 5.74) is 8.04. The Labute approximate surface area is 114 Å². The fourth-order valence-electron chi connectivity index (χ4n) is 2.37. The van der Waals surface area contributed by atoms with Crippen LogP contribution in [0.25, 0.3) is 0 Å². The van der Waals surface area contributed by atoms with Crippen molar-refractivity contribution >= 4 is 5.91 Å². The van der Waals surface area contributed by atoms with E-state index in [4.69, 9.17) is 10.5 Å². The predicted molar refractivity (Wildman–Crippen MR) is 74.9 cm³/mol. The van der Waals surface area contributed by atoms with Gasteiger partial charge in [-0.25, -0.2) is 0 Å². The number of hydrogen-bond acceptors (Lipinski definition) is 3. The molecule has 1 saturated heterocycles. The van der Waals surface area contributed by atoms with Crippen LogP contribution in [0.5, 0.6) is 0 Å². The highest BCUT2D eigenvalue weighted by Gasteiger charge is 2.22. The number of hydrogen-bond donors (Lipinski definition) is 1. The van der Waals surface area contributed by atoms with Gasteiger partial charge >= 0.3 is 0 Å². The van der Waals surface area contributed by atoms with E-state index in [0.717, 1.165) is 6.42 Å². The number of carbonyl (C=O) groups excluding carboxylic acids is 1. The molecule has 1 heterocycles. The molecule has 4 nitrogen and oxygen atoms in total. The molecular formula is C15H22N2O2. The summed E-state index contributed by atoms with van der Waals surface area (Å²) in [4.78, 5) is 14.0. The SMILES string of the molecule is Cc1cccc(CCC(=O)N2CCO[C@H](CN)C2)c1. The van der Waals surface area contributed by atoms with Crippen LogP contribution in [0.2, 0.25) is 0 Å². The summed E-state index contributed by atoms with van der Waals surface area (Å²) >= 11 is 0. The predicted octanol–water partition coefficient (Wildman–Crippen LogP) is 1.11. The van der Waals surface area contributed by atoms with Gasteiger partial charge in [0.1, 0.15) is 0 Å². The third-order valence-corrected chi connectivity index (χ3v) is 3.46. The van der Waals surface area contributed by atoms with E-state index in [1.807, 2.05) is 11.0 Å². The molecule has 1 amide bonds. The molecule has 0 saturated carbocycles. The van der Waals surface area contributed by atoms with Crippen LogP contribution in [0.1, 0.15) is 17.5 Å². The van der Waals surface area contributed by atoms with E-state index < -0.39 is 0 Å². The lowest BCUT2D eigenvalue weighted by Gasteiger charge is -2.32. The number of nitrogens with zero attached hydrogens (tertiary/aromatic N) is 1. The van der Waals surface area contributed by atoms with Crippen molar-refractivity contribution in [2.24, 2.45) is 5.73 Å². The van der Waals surface area contributed by atoms with Crippen LogP contribution < -0.4 is 5.73 Å². The van der Waals surface area contributed by atoms with E-state index in [2.05, 4.69) is 25.1 Å². The molecule has 19 heavy (non-hydrogen) atoms. The zero-order valence-electron chi connectivity index (χ0n) is 11.5. The Hall–Kier alpha value is -1.39. The van der Waals surface area contributed by atoms with Gasteiger partial charge in [0.25, 0.3) is 0 Å². The van der Waals surface area contributed by atoms with Gasteiger partial charge in [0.05, 0.1) is 12.7 Å². The Morgan fingerprint density at radius 1 is 1.53 bits per heavy atom. The minimum Gasteiger partial charge on any atom is -0.373 e. The molecule has 1 fully saturated rings. The molecule has 1 aromatic carbocycles. The molecule has 104 valence electrons. The van der Waals surface area contributed by atoms with Gasteiger partial charge in [0, 0.05) is 26.1 Å². The second kappa shape index (κ2) is 6.68. The summed E-state index contributed by atoms with van der Waals surface area (Å²) in [5, 5.41) is 0. The minimum absolute atomic E-state index is 0.00308. The van der Waals surface area contributed by atoms with Crippen molar-refractivity contribution in [3.05, 3.63) is 35.4 Å². The lowest BCUT2D eigenvalue weighted by atomic mass is 10.1. The summed E-state index contributed by atoms with van der Waals surface area (Å²) in [6.45, 7) is 4.45. The highest BCUT2D eigenvalue weighted by atomic mass is 16.5. The summed E-state index contributed by atoms with van der Waals surface area (Å²) in [6, 6.07) is 8.31. The first-order valence-corrected chi connectivity index (χ1v) is 6.84. The van der Waals surface area contributed by atoms with Gasteiger partial charge in [-0.1, -0.05) is 29.8 Å². The number of benzene rings is 1. The van der Waals surface area contributed by atoms with Crippen molar-refractivity contribution in [3.63, 3.8) is 0 Å². The number of ether oxygens (including phenoxy) is 1. The molecular weight excluding hydrogens is 240 g/mol. The molecule has 1 aromatic rings. The molecule has 1 atom stereocenters. The maximum atomic E-state index is 12.1. The fourth-order valence-corrected chi connectivity index (χ4v) is 2.37. The van der Waals surface area contributed by atoms with E-state index >= 15 is 0 Å². The van der Waals surface area contributed by atoms with Gasteiger partial charge < -0.3 is 15.4 Å². The zero-order valence-corrected chi connectivity index (χ0v) is 11.5. The van der Waals surface area contributed by atoms with Gasteiger partial charge in [0.15, 0.2) is 0 Å². The number of rotatable bonds is 4. The molecule has 2 rings (SSSR count). The van der Waals surface area contributed by atoms with E-state index in [1.165, 1.54) is 11.1 Å². The Kier molecular flexibility index (Phi) is 4.93. The molecule has 1 aliphatic heterocycles. The highest BCUT2D eigenvalue weighted by Crippen LogP contribution is 2.10. The monoisotopic (exact) mass is 262 g/mol. The van der Waals surface area contributed by atoms with Gasteiger partial charge in [-0.15, -0.1) is 0 Å². The second-order valence-corrected chi connectivity index (χ2v) is 5.06. The van der Waals surface area contributed by atoms with E-state index in [0.29, 0.717) is 32.7 Å². The Morgan fingerprint density at radius 3 is 3.11 bits per heavy atom. The van der Waals surface area contributed by atoms with Crippen LogP contribution in [0.15, 0.2) is 24.3 Å². The second-order valence-electron chi connectivity index (χ2n) is 5.06. The number of nitrogens with two attached hydrogens (primary N) is 1. The normalized spacial score (nSPS) is 19.5. The Morgan fingerprint density at radius 2 is 2.37 bits per heavy atom. The number of amides is 1. The van der Waals surface area contributed by atoms with Crippen molar-refractivity contribution in [1.29, 1.82) is 0 Å². The van der Waals surface area contributed by atoms with Crippen molar-refractivity contribution in [3.8, 4) is 0 Å². The standard InChI is InChI=1S/C15H22N2O2/c1-12-3-2-4-13(9-12)5-6-15(18)17-7-8-19-14(10-16)11-17/h2-4,9,14H,5-8,10-11,16H2,1H3/t14-/m1/s1. The molecule has 0 unspecified atom stereocenters. The first-order chi connectivity index (χ1) is 9.19. The summed E-state index contributed by atoms with van der Waals surface area (Å²) < 4.78 is 5.47. The van der Waals surface area contributed by atoms with Crippen LogP contribution in [-0.2, 0) is 16.0 Å². The van der Waals surface area contributed by atoms with Crippen LogP contribution in [0.3, 0.4) is 0 Å². The maximum Gasteiger partial charge on any atom is 0.223 e. The highest BCUT2D eigenvalue weighted by molar-refractivity contribution is 5.76. The van der Waals surface area contributed by atoms with E-state index in [1.54, 1.807) is 0 Å². The summed E-state index contributed by atoms with van der Waals surface area (Å²) in [6.07, 6.45) is 1.35. The number of aryl methyl sites for hydroxylation is 2. The number of morpholine rings is 1. The molecule has 2 N–H and O–H groups in total. The van der Waals surface area contributed by atoms with Crippen molar-refractivity contribution < 1.29 is 9.53 Å². The first kappa shape index (κ1) is 14.0. The van der Waals surface area contributed by atoms with Gasteiger partial charge in [-0.05, 0) is 18.9 Å². The molecule has 0 aliphatic carbocycles. The molecule has 0 bridgehead atoms. The summed E-state index contributed by atoms with van der Waals surface area (Å²) in [7, 11) is 0.